The Bertz CT molecular complexity index is 1700. The molecule has 0 unspecified atom stereocenters. The first-order valence-electron chi connectivity index (χ1n) is 14.1. The molecule has 0 aliphatic heterocycles. The number of amides is 2. The highest BCUT2D eigenvalue weighted by Crippen LogP contribution is 2.34. The fraction of sp³-hybridized carbons (Fsp3) is 0.265. The molecule has 1 aromatic heterocycles. The van der Waals surface area contributed by atoms with E-state index < -0.39 is 4.92 Å². The van der Waals surface area contributed by atoms with Gasteiger partial charge in [-0.25, -0.2) is 0 Å². The summed E-state index contributed by atoms with van der Waals surface area (Å²) in [6.45, 7) is 8.04. The standard InChI is InChI=1S/C17H18N2O3S.C17H20N2O2S/c1-11-9-13(19(21)22)10-14(12(11)2)17(20)18(3)15-7-5-6-8-16(15)23-4;1-5-19(17(20)14-11-18-9-8-12(14)2)15-10-13(21-3)6-7-16(15)22-4/h5-10H,1-4H3;6-11H,5H2,1-4H3. The molecule has 0 fully saturated rings. The van der Waals surface area contributed by atoms with Gasteiger partial charge in [-0.3, -0.25) is 24.7 Å². The third-order valence-corrected chi connectivity index (χ3v) is 8.92. The van der Waals surface area contributed by atoms with Crippen LogP contribution in [0.25, 0.3) is 0 Å². The van der Waals surface area contributed by atoms with Crippen LogP contribution in [0.1, 0.15) is 44.3 Å². The van der Waals surface area contributed by atoms with Gasteiger partial charge < -0.3 is 14.5 Å². The van der Waals surface area contributed by atoms with E-state index in [-0.39, 0.29) is 17.5 Å². The van der Waals surface area contributed by atoms with Crippen LogP contribution in [0.3, 0.4) is 0 Å². The summed E-state index contributed by atoms with van der Waals surface area (Å²) in [6.07, 6.45) is 7.26. The quantitative estimate of drug-likeness (QED) is 0.102. The SMILES string of the molecule is CCN(C(=O)c1cnccc1C)c1cc(OC)ccc1SC.CSc1ccccc1N(C)C(=O)c1cc([N+](=O)[O-])cc(C)c1C. The number of nitro benzene ring substituents is 1. The Morgan fingerprint density at radius 3 is 2.16 bits per heavy atom. The molecule has 0 spiro atoms. The average Bonchev–Trinajstić information content (AvgIpc) is 3.05. The highest BCUT2D eigenvalue weighted by Gasteiger charge is 2.23. The molecule has 1 heterocycles. The van der Waals surface area contributed by atoms with E-state index in [4.69, 9.17) is 4.74 Å². The van der Waals surface area contributed by atoms with E-state index in [1.54, 1.807) is 68.8 Å². The van der Waals surface area contributed by atoms with E-state index in [1.165, 1.54) is 17.0 Å². The largest absolute Gasteiger partial charge is 0.497 e. The minimum absolute atomic E-state index is 0.0448. The number of carbonyl (C=O) groups excluding carboxylic acids is 2. The number of thioether (sulfide) groups is 2. The lowest BCUT2D eigenvalue weighted by Crippen LogP contribution is -2.31. The molecule has 4 aromatic rings. The molecule has 0 radical (unpaired) electrons. The van der Waals surface area contributed by atoms with Crippen molar-refractivity contribution in [1.29, 1.82) is 0 Å². The maximum absolute atomic E-state index is 12.9. The summed E-state index contributed by atoms with van der Waals surface area (Å²) in [7, 11) is 3.31. The molecule has 0 atom stereocenters. The van der Waals surface area contributed by atoms with Crippen molar-refractivity contribution in [2.24, 2.45) is 0 Å². The molecular weight excluding hydrogens is 609 g/mol. The monoisotopic (exact) mass is 646 g/mol. The predicted octanol–water partition coefficient (Wildman–Crippen LogP) is 8.00. The van der Waals surface area contributed by atoms with E-state index in [0.29, 0.717) is 17.7 Å². The number of benzene rings is 3. The second kappa shape index (κ2) is 16.1. The Hall–Kier alpha value is -4.35. The van der Waals surface area contributed by atoms with E-state index in [2.05, 4.69) is 4.98 Å². The molecule has 45 heavy (non-hydrogen) atoms. The lowest BCUT2D eigenvalue weighted by molar-refractivity contribution is -0.384. The zero-order valence-electron chi connectivity index (χ0n) is 26.8. The number of non-ortho nitro benzene ring substituents is 1. The van der Waals surface area contributed by atoms with Crippen molar-refractivity contribution in [2.45, 2.75) is 37.5 Å². The number of aromatic nitrogens is 1. The van der Waals surface area contributed by atoms with E-state index in [0.717, 1.165) is 43.6 Å². The van der Waals surface area contributed by atoms with Crippen molar-refractivity contribution in [3.8, 4) is 5.75 Å². The first kappa shape index (κ1) is 35.1. The zero-order valence-corrected chi connectivity index (χ0v) is 28.4. The number of hydrogen-bond donors (Lipinski definition) is 0. The van der Waals surface area contributed by atoms with Crippen molar-refractivity contribution in [1.82, 2.24) is 4.98 Å². The summed E-state index contributed by atoms with van der Waals surface area (Å²) < 4.78 is 5.30. The summed E-state index contributed by atoms with van der Waals surface area (Å²) in [4.78, 5) is 45.7. The molecule has 0 bridgehead atoms. The Kier molecular flexibility index (Phi) is 12.6. The van der Waals surface area contributed by atoms with Gasteiger partial charge in [-0.15, -0.1) is 23.5 Å². The number of carbonyl (C=O) groups is 2. The van der Waals surface area contributed by atoms with Crippen LogP contribution < -0.4 is 14.5 Å². The number of hydrogen-bond acceptors (Lipinski definition) is 8. The van der Waals surface area contributed by atoms with Gasteiger partial charge in [0, 0.05) is 59.5 Å². The molecule has 0 saturated heterocycles. The van der Waals surface area contributed by atoms with Crippen molar-refractivity contribution >= 4 is 52.4 Å². The van der Waals surface area contributed by atoms with Crippen molar-refractivity contribution in [3.63, 3.8) is 0 Å². The lowest BCUT2D eigenvalue weighted by Gasteiger charge is -2.24. The van der Waals surface area contributed by atoms with Gasteiger partial charge in [-0.1, -0.05) is 12.1 Å². The summed E-state index contributed by atoms with van der Waals surface area (Å²) in [6, 6.07) is 18.1. The second-order valence-corrected chi connectivity index (χ2v) is 11.7. The molecule has 3 aromatic carbocycles. The Balaban J connectivity index is 0.000000246. The fourth-order valence-corrected chi connectivity index (χ4v) is 5.84. The topological polar surface area (TPSA) is 106 Å². The number of aryl methyl sites for hydroxylation is 2. The van der Waals surface area contributed by atoms with Crippen LogP contribution in [-0.2, 0) is 0 Å². The maximum Gasteiger partial charge on any atom is 0.270 e. The maximum atomic E-state index is 12.9. The Labute approximate surface area is 273 Å². The molecule has 236 valence electrons. The number of anilines is 2. The molecule has 9 nitrogen and oxygen atoms in total. The summed E-state index contributed by atoms with van der Waals surface area (Å²) >= 11 is 3.16. The van der Waals surface area contributed by atoms with Gasteiger partial charge in [0.25, 0.3) is 17.5 Å². The molecular formula is C34H38N4O5S2. The van der Waals surface area contributed by atoms with Gasteiger partial charge in [-0.05, 0) is 87.2 Å². The number of pyridine rings is 1. The molecule has 2 amide bonds. The number of nitro groups is 1. The summed E-state index contributed by atoms with van der Waals surface area (Å²) in [5, 5.41) is 11.1. The summed E-state index contributed by atoms with van der Waals surface area (Å²) in [5.41, 5.74) is 4.98. The average molecular weight is 647 g/mol. The Morgan fingerprint density at radius 1 is 0.889 bits per heavy atom. The van der Waals surface area contributed by atoms with E-state index >= 15 is 0 Å². The van der Waals surface area contributed by atoms with E-state index in [1.807, 2.05) is 74.9 Å². The fourth-order valence-electron chi connectivity index (χ4n) is 4.63. The third-order valence-electron chi connectivity index (χ3n) is 7.35. The Morgan fingerprint density at radius 2 is 1.56 bits per heavy atom. The van der Waals surface area contributed by atoms with E-state index in [9.17, 15) is 19.7 Å². The van der Waals surface area contributed by atoms with Gasteiger partial charge in [0.2, 0.25) is 0 Å². The van der Waals surface area contributed by atoms with Crippen LogP contribution in [-0.4, -0.2) is 54.9 Å². The summed E-state index contributed by atoms with van der Waals surface area (Å²) in [5.74, 6) is 0.439. The first-order valence-corrected chi connectivity index (χ1v) is 16.5. The van der Waals surface area contributed by atoms with Crippen LogP contribution in [0.2, 0.25) is 0 Å². The van der Waals surface area contributed by atoms with Crippen LogP contribution in [0.5, 0.6) is 5.75 Å². The number of nitrogens with zero attached hydrogens (tertiary/aromatic N) is 4. The normalized spacial score (nSPS) is 10.4. The van der Waals surface area contributed by atoms with Crippen molar-refractivity contribution in [2.75, 3.05) is 43.0 Å². The number of para-hydroxylation sites is 1. The third kappa shape index (κ3) is 8.23. The molecule has 0 saturated carbocycles. The minimum Gasteiger partial charge on any atom is -0.497 e. The van der Waals surface area contributed by atoms with Gasteiger partial charge in [-0.2, -0.15) is 0 Å². The van der Waals surface area contributed by atoms with Gasteiger partial charge in [0.1, 0.15) is 5.75 Å². The molecule has 0 aliphatic carbocycles. The molecule has 11 heteroatoms. The number of methoxy groups -OCH3 is 1. The van der Waals surface area contributed by atoms with Gasteiger partial charge in [0.15, 0.2) is 0 Å². The van der Waals surface area contributed by atoms with Gasteiger partial charge >= 0.3 is 0 Å². The first-order chi connectivity index (χ1) is 21.5. The molecule has 4 rings (SSSR count). The van der Waals surface area contributed by atoms with Crippen molar-refractivity contribution < 1.29 is 19.2 Å². The van der Waals surface area contributed by atoms with Gasteiger partial charge in [0.05, 0.1) is 29.0 Å². The highest BCUT2D eigenvalue weighted by atomic mass is 32.2. The minimum atomic E-state index is -0.473. The van der Waals surface area contributed by atoms with Crippen molar-refractivity contribution in [3.05, 3.63) is 111 Å². The number of rotatable bonds is 9. The molecule has 0 aliphatic rings. The van der Waals surface area contributed by atoms with Crippen LogP contribution in [0, 0.1) is 30.9 Å². The van der Waals surface area contributed by atoms with Crippen LogP contribution in [0.15, 0.2) is 82.8 Å². The van der Waals surface area contributed by atoms with Crippen LogP contribution >= 0.6 is 23.5 Å². The zero-order chi connectivity index (χ0) is 33.3. The highest BCUT2D eigenvalue weighted by molar-refractivity contribution is 7.99. The smallest absolute Gasteiger partial charge is 0.270 e. The van der Waals surface area contributed by atoms with Crippen LogP contribution in [0.4, 0.5) is 17.1 Å². The predicted molar refractivity (Wildman–Crippen MR) is 185 cm³/mol. The lowest BCUT2D eigenvalue weighted by atomic mass is 10.0. The molecule has 0 N–H and O–H groups in total. The number of ether oxygens (including phenoxy) is 1. The second-order valence-electron chi connectivity index (χ2n) is 10.0.